The van der Waals surface area contributed by atoms with Crippen LogP contribution in [0, 0.1) is 6.92 Å². The predicted molar refractivity (Wildman–Crippen MR) is 106 cm³/mol. The van der Waals surface area contributed by atoms with E-state index in [-0.39, 0.29) is 5.91 Å². The Labute approximate surface area is 157 Å². The summed E-state index contributed by atoms with van der Waals surface area (Å²) in [4.78, 5) is 14.2. The number of ether oxygens (including phenoxy) is 1. The zero-order chi connectivity index (χ0) is 18.2. The second-order valence-electron chi connectivity index (χ2n) is 5.95. The third-order valence-corrected chi connectivity index (χ3v) is 4.21. The molecule has 5 heteroatoms. The molecule has 25 heavy (non-hydrogen) atoms. The van der Waals surface area contributed by atoms with Crippen LogP contribution in [-0.2, 0) is 11.3 Å². The highest BCUT2D eigenvalue weighted by Crippen LogP contribution is 2.23. The van der Waals surface area contributed by atoms with Crippen molar-refractivity contribution in [3.05, 3.63) is 70.7 Å². The van der Waals surface area contributed by atoms with Crippen molar-refractivity contribution in [3.63, 3.8) is 0 Å². The molecule has 0 spiro atoms. The maximum atomic E-state index is 12.2. The summed E-state index contributed by atoms with van der Waals surface area (Å²) in [6, 6.07) is 13.7. The monoisotopic (exact) mass is 402 g/mol. The minimum absolute atomic E-state index is 0.0435. The van der Waals surface area contributed by atoms with Crippen LogP contribution in [0.1, 0.15) is 11.1 Å². The van der Waals surface area contributed by atoms with Crippen LogP contribution >= 0.6 is 15.9 Å². The van der Waals surface area contributed by atoms with E-state index < -0.39 is 0 Å². The molecule has 1 N–H and O–H groups in total. The number of hydrogen-bond donors (Lipinski definition) is 1. The molecule has 1 amide bonds. The van der Waals surface area contributed by atoms with E-state index in [0.717, 1.165) is 27.0 Å². The fraction of sp³-hybridized carbons (Fsp3) is 0.250. The van der Waals surface area contributed by atoms with Gasteiger partial charge in [0.15, 0.2) is 0 Å². The van der Waals surface area contributed by atoms with Crippen molar-refractivity contribution >= 4 is 27.5 Å². The first-order chi connectivity index (χ1) is 12.0. The topological polar surface area (TPSA) is 41.6 Å². The lowest BCUT2D eigenvalue weighted by atomic mass is 10.2. The van der Waals surface area contributed by atoms with Crippen LogP contribution in [0.25, 0.3) is 0 Å². The molecule has 0 fully saturated rings. The van der Waals surface area contributed by atoms with E-state index in [4.69, 9.17) is 4.74 Å². The van der Waals surface area contributed by atoms with Crippen molar-refractivity contribution in [3.8, 4) is 5.75 Å². The first kappa shape index (κ1) is 19.2. The Kier molecular flexibility index (Phi) is 7.22. The molecule has 4 nitrogen and oxygen atoms in total. The summed E-state index contributed by atoms with van der Waals surface area (Å²) in [7, 11) is 1.92. The number of hydrogen-bond acceptors (Lipinski definition) is 3. The third-order valence-electron chi connectivity index (χ3n) is 3.56. The van der Waals surface area contributed by atoms with Gasteiger partial charge < -0.3 is 10.1 Å². The first-order valence-electron chi connectivity index (χ1n) is 8.05. The number of carbonyl (C=O) groups is 1. The number of amides is 1. The molecular weight excluding hydrogens is 380 g/mol. The lowest BCUT2D eigenvalue weighted by Gasteiger charge is -2.17. The molecule has 0 aliphatic rings. The van der Waals surface area contributed by atoms with Gasteiger partial charge in [-0.2, -0.15) is 0 Å². The molecule has 0 atom stereocenters. The number of anilines is 1. The van der Waals surface area contributed by atoms with Crippen LogP contribution in [0.15, 0.2) is 59.6 Å². The molecule has 0 heterocycles. The van der Waals surface area contributed by atoms with E-state index in [2.05, 4.69) is 27.8 Å². The maximum Gasteiger partial charge on any atom is 0.238 e. The number of carbonyl (C=O) groups excluding carboxylic acids is 1. The molecule has 0 radical (unpaired) electrons. The van der Waals surface area contributed by atoms with Crippen molar-refractivity contribution in [2.75, 3.05) is 25.5 Å². The molecule has 132 valence electrons. The number of halogens is 1. The van der Waals surface area contributed by atoms with Gasteiger partial charge in [0.05, 0.1) is 12.2 Å². The van der Waals surface area contributed by atoms with Gasteiger partial charge in [0.1, 0.15) is 12.4 Å². The summed E-state index contributed by atoms with van der Waals surface area (Å²) in [6.45, 7) is 7.13. The second kappa shape index (κ2) is 9.39. The Morgan fingerprint density at radius 1 is 1.28 bits per heavy atom. The number of nitrogens with zero attached hydrogens (tertiary/aromatic N) is 1. The van der Waals surface area contributed by atoms with Gasteiger partial charge in [-0.3, -0.25) is 9.69 Å². The quantitative estimate of drug-likeness (QED) is 0.665. The lowest BCUT2D eigenvalue weighted by molar-refractivity contribution is -0.117. The Bertz CT molecular complexity index is 729. The Morgan fingerprint density at radius 3 is 2.64 bits per heavy atom. The second-order valence-corrected chi connectivity index (χ2v) is 6.80. The number of benzene rings is 2. The molecule has 0 unspecified atom stereocenters. The SMILES string of the molecule is C=CCOc1ccc(CN(C)CC(=O)Nc2ccc(C)cc2Br)cc1. The molecule has 2 aromatic rings. The summed E-state index contributed by atoms with van der Waals surface area (Å²) in [5.41, 5.74) is 3.05. The number of nitrogens with one attached hydrogen (secondary N) is 1. The molecule has 2 aromatic carbocycles. The zero-order valence-corrected chi connectivity index (χ0v) is 16.2. The van der Waals surface area contributed by atoms with Gasteiger partial charge in [0.2, 0.25) is 5.91 Å². The van der Waals surface area contributed by atoms with Gasteiger partial charge in [-0.15, -0.1) is 0 Å². The standard InChI is InChI=1S/C20H23BrN2O2/c1-4-11-25-17-8-6-16(7-9-17)13-23(3)14-20(24)22-19-10-5-15(2)12-18(19)21/h4-10,12H,1,11,13-14H2,2-3H3,(H,22,24). The Balaban J connectivity index is 1.85. The van der Waals surface area contributed by atoms with E-state index >= 15 is 0 Å². The number of rotatable bonds is 8. The normalized spacial score (nSPS) is 10.6. The minimum Gasteiger partial charge on any atom is -0.490 e. The highest BCUT2D eigenvalue weighted by molar-refractivity contribution is 9.10. The molecular formula is C20H23BrN2O2. The van der Waals surface area contributed by atoms with Crippen LogP contribution in [0.2, 0.25) is 0 Å². The van der Waals surface area contributed by atoms with Crippen LogP contribution in [0.3, 0.4) is 0 Å². The summed E-state index contributed by atoms with van der Waals surface area (Å²) in [5, 5.41) is 2.93. The molecule has 0 saturated carbocycles. The van der Waals surface area contributed by atoms with Crippen molar-refractivity contribution in [2.24, 2.45) is 0 Å². The highest BCUT2D eigenvalue weighted by atomic mass is 79.9. The van der Waals surface area contributed by atoms with Gasteiger partial charge in [-0.25, -0.2) is 0 Å². The fourth-order valence-corrected chi connectivity index (χ4v) is 2.96. The average Bonchev–Trinajstić information content (AvgIpc) is 2.56. The van der Waals surface area contributed by atoms with Gasteiger partial charge >= 0.3 is 0 Å². The minimum atomic E-state index is -0.0435. The van der Waals surface area contributed by atoms with Crippen LogP contribution in [-0.4, -0.2) is 31.0 Å². The first-order valence-corrected chi connectivity index (χ1v) is 8.84. The smallest absolute Gasteiger partial charge is 0.238 e. The Morgan fingerprint density at radius 2 is 2.00 bits per heavy atom. The lowest BCUT2D eigenvalue weighted by Crippen LogP contribution is -2.29. The van der Waals surface area contributed by atoms with Crippen molar-refractivity contribution in [2.45, 2.75) is 13.5 Å². The van der Waals surface area contributed by atoms with E-state index in [0.29, 0.717) is 19.7 Å². The number of likely N-dealkylation sites (N-methyl/N-ethyl adjacent to an activating group) is 1. The molecule has 0 aliphatic carbocycles. The summed E-state index contributed by atoms with van der Waals surface area (Å²) < 4.78 is 6.35. The van der Waals surface area contributed by atoms with Crippen molar-refractivity contribution < 1.29 is 9.53 Å². The average molecular weight is 403 g/mol. The molecule has 0 aliphatic heterocycles. The zero-order valence-electron chi connectivity index (χ0n) is 14.6. The summed E-state index contributed by atoms with van der Waals surface area (Å²) >= 11 is 3.47. The van der Waals surface area contributed by atoms with Gasteiger partial charge in [-0.1, -0.05) is 30.9 Å². The molecule has 0 saturated heterocycles. The van der Waals surface area contributed by atoms with Gasteiger partial charge in [-0.05, 0) is 65.3 Å². The Hall–Kier alpha value is -2.11. The van der Waals surface area contributed by atoms with Crippen molar-refractivity contribution in [1.29, 1.82) is 0 Å². The van der Waals surface area contributed by atoms with E-state index in [9.17, 15) is 4.79 Å². The van der Waals surface area contributed by atoms with E-state index in [1.54, 1.807) is 6.08 Å². The highest BCUT2D eigenvalue weighted by Gasteiger charge is 2.09. The predicted octanol–water partition coefficient (Wildman–Crippen LogP) is 4.39. The van der Waals surface area contributed by atoms with Crippen LogP contribution < -0.4 is 10.1 Å². The molecule has 0 bridgehead atoms. The van der Waals surface area contributed by atoms with Crippen molar-refractivity contribution in [1.82, 2.24) is 4.90 Å². The fourth-order valence-electron chi connectivity index (χ4n) is 2.37. The van der Waals surface area contributed by atoms with Crippen LogP contribution in [0.4, 0.5) is 5.69 Å². The molecule has 2 rings (SSSR count). The largest absolute Gasteiger partial charge is 0.490 e. The van der Waals surface area contributed by atoms with Crippen LogP contribution in [0.5, 0.6) is 5.75 Å². The maximum absolute atomic E-state index is 12.2. The summed E-state index contributed by atoms with van der Waals surface area (Å²) in [6.07, 6.45) is 1.71. The molecule has 0 aromatic heterocycles. The van der Waals surface area contributed by atoms with E-state index in [1.807, 2.05) is 61.3 Å². The summed E-state index contributed by atoms with van der Waals surface area (Å²) in [5.74, 6) is 0.770. The third kappa shape index (κ3) is 6.36. The van der Waals surface area contributed by atoms with E-state index in [1.165, 1.54) is 0 Å². The van der Waals surface area contributed by atoms with Gasteiger partial charge in [0.25, 0.3) is 0 Å². The number of aryl methyl sites for hydroxylation is 1. The van der Waals surface area contributed by atoms with Gasteiger partial charge in [0, 0.05) is 11.0 Å².